The maximum atomic E-state index is 13.4. The fourth-order valence-corrected chi connectivity index (χ4v) is 2.18. The average molecular weight is 360 g/mol. The first-order chi connectivity index (χ1) is 10.9. The Kier molecular flexibility index (Phi) is 5.52. The van der Waals surface area contributed by atoms with Gasteiger partial charge >= 0.3 is 5.97 Å². The number of ether oxygens (including phenoxy) is 1. The Bertz CT molecular complexity index is 728. The van der Waals surface area contributed by atoms with Crippen molar-refractivity contribution in [2.75, 3.05) is 11.9 Å². The molecule has 0 aliphatic rings. The van der Waals surface area contributed by atoms with Crippen LogP contribution in [-0.4, -0.2) is 18.5 Å². The van der Waals surface area contributed by atoms with E-state index < -0.39 is 35.7 Å². The number of nitrogens with one attached hydrogen (secondary N) is 1. The molecule has 0 aliphatic heterocycles. The van der Waals surface area contributed by atoms with Gasteiger partial charge < -0.3 is 10.1 Å². The molecule has 0 aromatic heterocycles. The number of rotatable bonds is 4. The van der Waals surface area contributed by atoms with Crippen LogP contribution < -0.4 is 5.32 Å². The van der Waals surface area contributed by atoms with E-state index >= 15 is 0 Å². The molecule has 0 bridgehead atoms. The monoisotopic (exact) mass is 359 g/mol. The Morgan fingerprint density at radius 2 is 1.52 bits per heavy atom. The first-order valence-electron chi connectivity index (χ1n) is 6.25. The number of carbonyl (C=O) groups is 2. The minimum atomic E-state index is -1.29. The van der Waals surface area contributed by atoms with Crippen molar-refractivity contribution in [3.05, 3.63) is 63.6 Å². The lowest BCUT2D eigenvalue weighted by Crippen LogP contribution is -2.22. The zero-order valence-electron chi connectivity index (χ0n) is 11.4. The fraction of sp³-hybridized carbons (Fsp3) is 0.0667. The summed E-state index contributed by atoms with van der Waals surface area (Å²) >= 11 is 11.7. The van der Waals surface area contributed by atoms with E-state index in [0.717, 1.165) is 18.2 Å². The van der Waals surface area contributed by atoms with E-state index in [0.29, 0.717) is 0 Å². The van der Waals surface area contributed by atoms with Gasteiger partial charge in [0.2, 0.25) is 0 Å². The van der Waals surface area contributed by atoms with E-state index in [-0.39, 0.29) is 15.7 Å². The van der Waals surface area contributed by atoms with Crippen LogP contribution in [0.4, 0.5) is 14.5 Å². The quantitative estimate of drug-likeness (QED) is 0.837. The number of hydrogen-bond donors (Lipinski definition) is 1. The Hall–Kier alpha value is -2.18. The van der Waals surface area contributed by atoms with Crippen molar-refractivity contribution in [1.82, 2.24) is 0 Å². The smallest absolute Gasteiger partial charge is 0.344 e. The number of esters is 1. The maximum absolute atomic E-state index is 13.4. The van der Waals surface area contributed by atoms with Crippen LogP contribution in [0.1, 0.15) is 10.4 Å². The van der Waals surface area contributed by atoms with Crippen LogP contribution in [0.15, 0.2) is 36.4 Å². The molecule has 0 atom stereocenters. The zero-order chi connectivity index (χ0) is 17.0. The molecule has 1 amide bonds. The normalized spacial score (nSPS) is 10.3. The number of benzene rings is 2. The lowest BCUT2D eigenvalue weighted by Gasteiger charge is -2.10. The van der Waals surface area contributed by atoms with E-state index in [1.165, 1.54) is 12.1 Å². The number of para-hydroxylation sites is 1. The Balaban J connectivity index is 2.01. The summed E-state index contributed by atoms with van der Waals surface area (Å²) in [5.74, 6) is -4.21. The van der Waals surface area contributed by atoms with Gasteiger partial charge in [0, 0.05) is 0 Å². The summed E-state index contributed by atoms with van der Waals surface area (Å²) in [6.45, 7) is -0.756. The first kappa shape index (κ1) is 17.2. The van der Waals surface area contributed by atoms with Gasteiger partial charge in [0.15, 0.2) is 6.61 Å². The van der Waals surface area contributed by atoms with Gasteiger partial charge in [-0.25, -0.2) is 13.6 Å². The summed E-state index contributed by atoms with van der Waals surface area (Å²) in [5, 5.41) is 2.73. The summed E-state index contributed by atoms with van der Waals surface area (Å²) in [6, 6.07) is 7.51. The molecular formula is C15H9Cl2F2NO3. The summed E-state index contributed by atoms with van der Waals surface area (Å²) < 4.78 is 31.4. The van der Waals surface area contributed by atoms with Crippen molar-refractivity contribution in [2.45, 2.75) is 0 Å². The van der Waals surface area contributed by atoms with Crippen LogP contribution in [0.3, 0.4) is 0 Å². The van der Waals surface area contributed by atoms with Gasteiger partial charge in [-0.3, -0.25) is 4.79 Å². The summed E-state index contributed by atoms with van der Waals surface area (Å²) in [7, 11) is 0. The molecule has 0 saturated carbocycles. The number of halogens is 4. The molecule has 0 unspecified atom stereocenters. The number of anilines is 1. The third kappa shape index (κ3) is 4.18. The second-order valence-corrected chi connectivity index (χ2v) is 5.13. The summed E-state index contributed by atoms with van der Waals surface area (Å²) in [6.07, 6.45) is 0. The molecule has 0 saturated heterocycles. The first-order valence-corrected chi connectivity index (χ1v) is 7.00. The number of amides is 1. The second kappa shape index (κ2) is 7.39. The maximum Gasteiger partial charge on any atom is 0.344 e. The van der Waals surface area contributed by atoms with Crippen molar-refractivity contribution in [3.8, 4) is 0 Å². The van der Waals surface area contributed by atoms with Crippen molar-refractivity contribution < 1.29 is 23.1 Å². The van der Waals surface area contributed by atoms with Crippen molar-refractivity contribution in [2.24, 2.45) is 0 Å². The predicted molar refractivity (Wildman–Crippen MR) is 81.7 cm³/mol. The van der Waals surface area contributed by atoms with E-state index in [2.05, 4.69) is 10.1 Å². The van der Waals surface area contributed by atoms with Crippen LogP contribution >= 0.6 is 23.2 Å². The molecule has 0 aliphatic carbocycles. The van der Waals surface area contributed by atoms with Crippen LogP contribution in [0.25, 0.3) is 0 Å². The molecule has 0 fully saturated rings. The molecule has 23 heavy (non-hydrogen) atoms. The minimum absolute atomic E-state index is 0.147. The van der Waals surface area contributed by atoms with Gasteiger partial charge in [-0.1, -0.05) is 35.3 Å². The third-order valence-corrected chi connectivity index (χ3v) is 3.36. The van der Waals surface area contributed by atoms with Crippen LogP contribution in [0.2, 0.25) is 10.0 Å². The van der Waals surface area contributed by atoms with Crippen LogP contribution in [0, 0.1) is 11.6 Å². The molecule has 4 nitrogen and oxygen atoms in total. The van der Waals surface area contributed by atoms with E-state index in [9.17, 15) is 18.4 Å². The highest BCUT2D eigenvalue weighted by molar-refractivity contribution is 6.39. The fourth-order valence-electron chi connectivity index (χ4n) is 1.69. The molecular weight excluding hydrogens is 351 g/mol. The number of hydrogen-bond acceptors (Lipinski definition) is 3. The molecule has 1 N–H and O–H groups in total. The highest BCUT2D eigenvalue weighted by Gasteiger charge is 2.20. The van der Waals surface area contributed by atoms with E-state index in [1.807, 2.05) is 0 Å². The van der Waals surface area contributed by atoms with Crippen molar-refractivity contribution in [3.63, 3.8) is 0 Å². The Morgan fingerprint density at radius 1 is 1.00 bits per heavy atom. The topological polar surface area (TPSA) is 55.4 Å². The van der Waals surface area contributed by atoms with Crippen molar-refractivity contribution >= 4 is 40.8 Å². The average Bonchev–Trinajstić information content (AvgIpc) is 2.49. The molecule has 2 rings (SSSR count). The molecule has 8 heteroatoms. The molecule has 0 radical (unpaired) electrons. The van der Waals surface area contributed by atoms with Crippen LogP contribution in [-0.2, 0) is 9.53 Å². The number of carbonyl (C=O) groups excluding carboxylic acids is 2. The molecule has 0 spiro atoms. The zero-order valence-corrected chi connectivity index (χ0v) is 12.9. The highest BCUT2D eigenvalue weighted by Crippen LogP contribution is 2.29. The molecule has 120 valence electrons. The van der Waals surface area contributed by atoms with Gasteiger partial charge in [0.1, 0.15) is 17.2 Å². The largest absolute Gasteiger partial charge is 0.452 e. The van der Waals surface area contributed by atoms with Gasteiger partial charge in [-0.15, -0.1) is 0 Å². The second-order valence-electron chi connectivity index (χ2n) is 4.32. The van der Waals surface area contributed by atoms with Gasteiger partial charge in [0.05, 0.1) is 15.7 Å². The Morgan fingerprint density at radius 3 is 2.09 bits per heavy atom. The predicted octanol–water partition coefficient (Wildman–Crippen LogP) is 4.07. The van der Waals surface area contributed by atoms with E-state index in [4.69, 9.17) is 23.2 Å². The molecule has 0 heterocycles. The van der Waals surface area contributed by atoms with Gasteiger partial charge in [-0.05, 0) is 24.3 Å². The SMILES string of the molecule is O=C(COC(=O)c1c(F)cccc1F)Nc1c(Cl)cccc1Cl. The third-order valence-electron chi connectivity index (χ3n) is 2.73. The van der Waals surface area contributed by atoms with Crippen LogP contribution in [0.5, 0.6) is 0 Å². The van der Waals surface area contributed by atoms with Crippen molar-refractivity contribution in [1.29, 1.82) is 0 Å². The minimum Gasteiger partial charge on any atom is -0.452 e. The lowest BCUT2D eigenvalue weighted by molar-refractivity contribution is -0.119. The standard InChI is InChI=1S/C15H9Cl2F2NO3/c16-8-3-1-4-9(17)14(8)20-12(21)7-23-15(22)13-10(18)5-2-6-11(13)19/h1-6H,7H2,(H,20,21). The van der Waals surface area contributed by atoms with E-state index in [1.54, 1.807) is 6.07 Å². The van der Waals surface area contributed by atoms with Gasteiger partial charge in [-0.2, -0.15) is 0 Å². The highest BCUT2D eigenvalue weighted by atomic mass is 35.5. The molecule has 2 aromatic rings. The lowest BCUT2D eigenvalue weighted by atomic mass is 10.2. The summed E-state index contributed by atoms with van der Waals surface area (Å²) in [5.41, 5.74) is -0.718. The summed E-state index contributed by atoms with van der Waals surface area (Å²) in [4.78, 5) is 23.4. The van der Waals surface area contributed by atoms with Gasteiger partial charge in [0.25, 0.3) is 5.91 Å². The Labute approximate surface area is 140 Å². The molecule has 2 aromatic carbocycles.